The summed E-state index contributed by atoms with van der Waals surface area (Å²) in [6.07, 6.45) is 3.13. The zero-order chi connectivity index (χ0) is 14.5. The largest absolute Gasteiger partial charge is 0.463 e. The van der Waals surface area contributed by atoms with E-state index in [0.29, 0.717) is 17.5 Å². The number of rotatable bonds is 5. The van der Waals surface area contributed by atoms with E-state index < -0.39 is 5.97 Å². The molecule has 0 saturated carbocycles. The number of hydrogen-bond acceptors (Lipinski definition) is 7. The zero-order valence-electron chi connectivity index (χ0n) is 11.6. The number of carbonyl (C=O) groups excluding carboxylic acids is 1. The number of aromatic nitrogens is 5. The quantitative estimate of drug-likeness (QED) is 0.808. The van der Waals surface area contributed by atoms with Gasteiger partial charge in [0.25, 0.3) is 5.82 Å². The molecule has 2 heterocycles. The number of hydrogen-bond donors (Lipinski definition) is 1. The van der Waals surface area contributed by atoms with Crippen molar-refractivity contribution in [3.63, 3.8) is 0 Å². The van der Waals surface area contributed by atoms with Crippen molar-refractivity contribution in [1.82, 2.24) is 24.7 Å². The molecule has 0 saturated heterocycles. The van der Waals surface area contributed by atoms with Gasteiger partial charge in [0.15, 0.2) is 5.82 Å². The second-order valence-electron chi connectivity index (χ2n) is 4.03. The van der Waals surface area contributed by atoms with Gasteiger partial charge in [-0.05, 0) is 6.42 Å². The number of carbonyl (C=O) groups is 1. The highest BCUT2D eigenvalue weighted by atomic mass is 16.5. The van der Waals surface area contributed by atoms with Gasteiger partial charge in [-0.25, -0.2) is 24.4 Å². The Labute approximate surface area is 116 Å². The first kappa shape index (κ1) is 13.9. The lowest BCUT2D eigenvalue weighted by atomic mass is 10.3. The molecule has 8 nitrogen and oxygen atoms in total. The minimum absolute atomic E-state index is 0.00541. The molecule has 0 atom stereocenters. The van der Waals surface area contributed by atoms with Crippen molar-refractivity contribution < 1.29 is 9.53 Å². The van der Waals surface area contributed by atoms with E-state index >= 15 is 0 Å². The smallest absolute Gasteiger partial charge is 0.377 e. The number of nitrogens with zero attached hydrogens (tertiary/aromatic N) is 5. The van der Waals surface area contributed by atoms with Crippen LogP contribution in [-0.2, 0) is 11.2 Å². The Hall–Kier alpha value is -2.51. The van der Waals surface area contributed by atoms with Crippen LogP contribution in [0.25, 0.3) is 5.82 Å². The summed E-state index contributed by atoms with van der Waals surface area (Å²) < 4.78 is 5.99. The number of nitrogens with one attached hydrogen (secondary N) is 1. The molecule has 0 unspecified atom stereocenters. The molecule has 106 valence electrons. The molecule has 0 aliphatic rings. The molecule has 0 radical (unpaired) electrons. The van der Waals surface area contributed by atoms with Crippen molar-refractivity contribution in [2.24, 2.45) is 0 Å². The third kappa shape index (κ3) is 2.90. The Morgan fingerprint density at radius 3 is 2.90 bits per heavy atom. The van der Waals surface area contributed by atoms with Crippen molar-refractivity contribution >= 4 is 11.8 Å². The first-order valence-corrected chi connectivity index (χ1v) is 6.24. The second-order valence-corrected chi connectivity index (χ2v) is 4.03. The van der Waals surface area contributed by atoms with Gasteiger partial charge in [-0.2, -0.15) is 0 Å². The standard InChI is InChI=1S/C12H16N6O2/c1-4-5-8-15-9(13-2)6-10(16-8)18-7-14-11(17-18)12(19)20-3/h6-7H,4-5H2,1-3H3,(H,13,15,16). The Morgan fingerprint density at radius 2 is 2.25 bits per heavy atom. The summed E-state index contributed by atoms with van der Waals surface area (Å²) in [4.78, 5) is 24.0. The van der Waals surface area contributed by atoms with E-state index in [0.717, 1.165) is 12.8 Å². The number of esters is 1. The topological polar surface area (TPSA) is 94.8 Å². The van der Waals surface area contributed by atoms with Gasteiger partial charge < -0.3 is 10.1 Å². The summed E-state index contributed by atoms with van der Waals surface area (Å²) >= 11 is 0. The maximum atomic E-state index is 11.3. The van der Waals surface area contributed by atoms with Gasteiger partial charge in [0, 0.05) is 19.5 Å². The van der Waals surface area contributed by atoms with Crippen molar-refractivity contribution in [3.05, 3.63) is 24.0 Å². The molecular formula is C12H16N6O2. The molecular weight excluding hydrogens is 260 g/mol. The molecule has 0 aromatic carbocycles. The fraction of sp³-hybridized carbons (Fsp3) is 0.417. The fourth-order valence-electron chi connectivity index (χ4n) is 1.62. The normalized spacial score (nSPS) is 10.3. The molecule has 0 aliphatic heterocycles. The van der Waals surface area contributed by atoms with E-state index in [4.69, 9.17) is 0 Å². The Kier molecular flexibility index (Phi) is 4.24. The van der Waals surface area contributed by atoms with Crippen LogP contribution >= 0.6 is 0 Å². The van der Waals surface area contributed by atoms with Gasteiger partial charge in [0.05, 0.1) is 7.11 Å². The van der Waals surface area contributed by atoms with E-state index in [9.17, 15) is 4.79 Å². The molecule has 2 aromatic heterocycles. The van der Waals surface area contributed by atoms with Gasteiger partial charge >= 0.3 is 5.97 Å². The average molecular weight is 276 g/mol. The fourth-order valence-corrected chi connectivity index (χ4v) is 1.62. The second kappa shape index (κ2) is 6.09. The third-order valence-corrected chi connectivity index (χ3v) is 2.58. The number of aryl methyl sites for hydroxylation is 1. The van der Waals surface area contributed by atoms with Crippen LogP contribution in [0.2, 0.25) is 0 Å². The van der Waals surface area contributed by atoms with Gasteiger partial charge in [0.2, 0.25) is 0 Å². The zero-order valence-corrected chi connectivity index (χ0v) is 11.6. The Bertz CT molecular complexity index is 610. The van der Waals surface area contributed by atoms with Gasteiger partial charge in [-0.1, -0.05) is 6.92 Å². The molecule has 0 bridgehead atoms. The Balaban J connectivity index is 2.38. The van der Waals surface area contributed by atoms with Gasteiger partial charge in [0.1, 0.15) is 18.0 Å². The van der Waals surface area contributed by atoms with E-state index in [2.05, 4.69) is 37.0 Å². The first-order chi connectivity index (χ1) is 9.67. The molecule has 2 aromatic rings. The number of ether oxygens (including phenoxy) is 1. The van der Waals surface area contributed by atoms with Crippen molar-refractivity contribution in [2.75, 3.05) is 19.5 Å². The van der Waals surface area contributed by atoms with Crippen LogP contribution in [0.15, 0.2) is 12.4 Å². The van der Waals surface area contributed by atoms with E-state index in [-0.39, 0.29) is 5.82 Å². The Morgan fingerprint density at radius 1 is 1.45 bits per heavy atom. The molecule has 8 heteroatoms. The number of anilines is 1. The number of methoxy groups -OCH3 is 1. The lowest BCUT2D eigenvalue weighted by molar-refractivity contribution is 0.0587. The van der Waals surface area contributed by atoms with Crippen molar-refractivity contribution in [1.29, 1.82) is 0 Å². The summed E-state index contributed by atoms with van der Waals surface area (Å²) in [5, 5.41) is 7.01. The summed E-state index contributed by atoms with van der Waals surface area (Å²) in [7, 11) is 3.06. The lowest BCUT2D eigenvalue weighted by Gasteiger charge is -2.06. The highest BCUT2D eigenvalue weighted by Crippen LogP contribution is 2.11. The predicted molar refractivity (Wildman–Crippen MR) is 71.8 cm³/mol. The summed E-state index contributed by atoms with van der Waals surface area (Å²) in [5.41, 5.74) is 0. The van der Waals surface area contributed by atoms with Crippen molar-refractivity contribution in [3.8, 4) is 5.82 Å². The van der Waals surface area contributed by atoms with Crippen LogP contribution in [0.5, 0.6) is 0 Å². The van der Waals surface area contributed by atoms with Crippen LogP contribution in [-0.4, -0.2) is 44.9 Å². The average Bonchev–Trinajstić information content (AvgIpc) is 2.96. The third-order valence-electron chi connectivity index (χ3n) is 2.58. The highest BCUT2D eigenvalue weighted by Gasteiger charge is 2.13. The first-order valence-electron chi connectivity index (χ1n) is 6.24. The van der Waals surface area contributed by atoms with Gasteiger partial charge in [-0.15, -0.1) is 5.10 Å². The summed E-state index contributed by atoms with van der Waals surface area (Å²) in [5.74, 6) is 1.36. The van der Waals surface area contributed by atoms with Gasteiger partial charge in [-0.3, -0.25) is 0 Å². The maximum Gasteiger partial charge on any atom is 0.377 e. The molecule has 1 N–H and O–H groups in total. The maximum absolute atomic E-state index is 11.3. The minimum Gasteiger partial charge on any atom is -0.463 e. The van der Waals surface area contributed by atoms with E-state index in [1.807, 2.05) is 0 Å². The predicted octanol–water partition coefficient (Wildman–Crippen LogP) is 0.838. The molecule has 0 aliphatic carbocycles. The van der Waals surface area contributed by atoms with Crippen LogP contribution in [0.1, 0.15) is 29.8 Å². The summed E-state index contributed by atoms with van der Waals surface area (Å²) in [6.45, 7) is 2.06. The van der Waals surface area contributed by atoms with Crippen LogP contribution < -0.4 is 5.32 Å². The SMILES string of the molecule is CCCc1nc(NC)cc(-n2cnc(C(=O)OC)n2)n1. The van der Waals surface area contributed by atoms with Crippen LogP contribution in [0.3, 0.4) is 0 Å². The summed E-state index contributed by atoms with van der Waals surface area (Å²) in [6, 6.07) is 1.73. The molecule has 20 heavy (non-hydrogen) atoms. The van der Waals surface area contributed by atoms with E-state index in [1.165, 1.54) is 18.1 Å². The molecule has 0 amide bonds. The highest BCUT2D eigenvalue weighted by molar-refractivity contribution is 5.84. The minimum atomic E-state index is -0.583. The van der Waals surface area contributed by atoms with Crippen LogP contribution in [0, 0.1) is 0 Å². The molecule has 2 rings (SSSR count). The monoisotopic (exact) mass is 276 g/mol. The molecule has 0 fully saturated rings. The van der Waals surface area contributed by atoms with Crippen LogP contribution in [0.4, 0.5) is 5.82 Å². The van der Waals surface area contributed by atoms with Crippen molar-refractivity contribution in [2.45, 2.75) is 19.8 Å². The van der Waals surface area contributed by atoms with E-state index in [1.54, 1.807) is 13.1 Å². The molecule has 0 spiro atoms. The lowest BCUT2D eigenvalue weighted by Crippen LogP contribution is -2.08.